The summed E-state index contributed by atoms with van der Waals surface area (Å²) in [5, 5.41) is 4.55. The van der Waals surface area contributed by atoms with Gasteiger partial charge >= 0.3 is 0 Å². The van der Waals surface area contributed by atoms with Gasteiger partial charge in [-0.2, -0.15) is 0 Å². The summed E-state index contributed by atoms with van der Waals surface area (Å²) in [4.78, 5) is 3.68. The van der Waals surface area contributed by atoms with E-state index in [4.69, 9.17) is 5.14 Å². The smallest absolute Gasteiger partial charge is 0.210 e. The number of pyridine rings is 1. The molecule has 0 atom stereocenters. The Morgan fingerprint density at radius 1 is 1.25 bits per heavy atom. The lowest BCUT2D eigenvalue weighted by atomic mass is 10.5. The first-order valence-electron chi connectivity index (χ1n) is 4.06. The van der Waals surface area contributed by atoms with Gasteiger partial charge in [-0.05, 0) is 28.1 Å². The highest BCUT2D eigenvalue weighted by Gasteiger charge is 2.21. The second-order valence-corrected chi connectivity index (χ2v) is 7.59. The average Bonchev–Trinajstić information content (AvgIpc) is 2.14. The fourth-order valence-corrected chi connectivity index (χ4v) is 4.50. The number of nitrogens with two attached hydrogens (primary N) is 1. The van der Waals surface area contributed by atoms with Gasteiger partial charge in [0, 0.05) is 6.20 Å². The Labute approximate surface area is 102 Å². The van der Waals surface area contributed by atoms with E-state index in [1.165, 1.54) is 12.3 Å². The summed E-state index contributed by atoms with van der Waals surface area (Å²) >= 11 is 3.03. The van der Waals surface area contributed by atoms with Gasteiger partial charge in [0.2, 0.25) is 10.0 Å². The van der Waals surface area contributed by atoms with Crippen molar-refractivity contribution >= 4 is 35.8 Å². The van der Waals surface area contributed by atoms with Crippen LogP contribution in [-0.2, 0) is 19.9 Å². The molecule has 0 bridgehead atoms. The van der Waals surface area contributed by atoms with E-state index in [9.17, 15) is 16.8 Å². The number of rotatable bonds is 4. The summed E-state index contributed by atoms with van der Waals surface area (Å²) < 4.78 is 45.0. The molecule has 9 heteroatoms. The maximum Gasteiger partial charge on any atom is 0.210 e. The lowest BCUT2D eigenvalue weighted by molar-refractivity contribution is 0.585. The summed E-state index contributed by atoms with van der Waals surface area (Å²) in [7, 11) is -7.54. The highest BCUT2D eigenvalue weighted by Crippen LogP contribution is 2.19. The van der Waals surface area contributed by atoms with Crippen LogP contribution in [0.5, 0.6) is 0 Å². The van der Waals surface area contributed by atoms with E-state index in [0.717, 1.165) is 0 Å². The van der Waals surface area contributed by atoms with Crippen molar-refractivity contribution in [3.05, 3.63) is 22.8 Å². The molecule has 16 heavy (non-hydrogen) atoms. The number of sulfonamides is 1. The fraction of sp³-hybridized carbons (Fsp3) is 0.286. The molecule has 0 aliphatic rings. The van der Waals surface area contributed by atoms with Crippen LogP contribution in [0.3, 0.4) is 0 Å². The molecule has 1 rings (SSSR count). The van der Waals surface area contributed by atoms with E-state index in [1.807, 2.05) is 0 Å². The second kappa shape index (κ2) is 4.78. The van der Waals surface area contributed by atoms with Gasteiger partial charge in [0.05, 0.1) is 16.0 Å². The van der Waals surface area contributed by atoms with E-state index in [0.29, 0.717) is 4.47 Å². The normalized spacial score (nSPS) is 12.6. The molecule has 0 aliphatic carbocycles. The van der Waals surface area contributed by atoms with E-state index < -0.39 is 31.4 Å². The Hall–Kier alpha value is -0.510. The molecule has 0 saturated heterocycles. The minimum atomic E-state index is -3.80. The number of hydrogen-bond acceptors (Lipinski definition) is 5. The third-order valence-corrected chi connectivity index (χ3v) is 5.25. The van der Waals surface area contributed by atoms with Crippen molar-refractivity contribution < 1.29 is 16.8 Å². The Morgan fingerprint density at radius 2 is 1.88 bits per heavy atom. The lowest BCUT2D eigenvalue weighted by Crippen LogP contribution is -2.23. The Balaban J connectivity index is 3.01. The number of primary sulfonamides is 1. The molecule has 0 aliphatic heterocycles. The first kappa shape index (κ1) is 13.6. The first-order chi connectivity index (χ1) is 7.22. The van der Waals surface area contributed by atoms with Crippen LogP contribution in [0.1, 0.15) is 0 Å². The summed E-state index contributed by atoms with van der Waals surface area (Å²) in [5.41, 5.74) is 0. The van der Waals surface area contributed by atoms with Crippen LogP contribution in [0.25, 0.3) is 0 Å². The number of nitrogens with zero attached hydrogens (tertiary/aromatic N) is 1. The van der Waals surface area contributed by atoms with Gasteiger partial charge in [-0.3, -0.25) is 0 Å². The van der Waals surface area contributed by atoms with E-state index in [-0.39, 0.29) is 5.03 Å². The van der Waals surface area contributed by atoms with Crippen LogP contribution < -0.4 is 5.14 Å². The van der Waals surface area contributed by atoms with Crippen LogP contribution in [0.15, 0.2) is 27.8 Å². The monoisotopic (exact) mass is 328 g/mol. The van der Waals surface area contributed by atoms with Crippen molar-refractivity contribution in [2.45, 2.75) is 5.03 Å². The zero-order valence-corrected chi connectivity index (χ0v) is 11.2. The minimum Gasteiger partial charge on any atom is -0.244 e. The molecule has 90 valence electrons. The Morgan fingerprint density at radius 3 is 2.38 bits per heavy atom. The van der Waals surface area contributed by atoms with Gasteiger partial charge in [0.1, 0.15) is 0 Å². The van der Waals surface area contributed by atoms with Gasteiger partial charge in [-0.1, -0.05) is 0 Å². The highest BCUT2D eigenvalue weighted by molar-refractivity contribution is 9.10. The van der Waals surface area contributed by atoms with Crippen LogP contribution in [0.2, 0.25) is 0 Å². The van der Waals surface area contributed by atoms with Crippen molar-refractivity contribution in [2.24, 2.45) is 5.14 Å². The van der Waals surface area contributed by atoms with Gasteiger partial charge in [-0.25, -0.2) is 27.0 Å². The second-order valence-electron chi connectivity index (χ2n) is 2.98. The quantitative estimate of drug-likeness (QED) is 0.830. The highest BCUT2D eigenvalue weighted by atomic mass is 79.9. The standard InChI is InChI=1S/C7H9BrN2O4S2/c8-6-2-1-3-10-7(6)15(11,12)4-5-16(9,13)14/h1-3H,4-5H2,(H2,9,13,14). The minimum absolute atomic E-state index is 0.182. The molecule has 1 heterocycles. The zero-order chi connectivity index (χ0) is 12.4. The number of hydrogen-bond donors (Lipinski definition) is 1. The molecule has 1 aromatic heterocycles. The van der Waals surface area contributed by atoms with E-state index in [2.05, 4.69) is 20.9 Å². The number of halogens is 1. The number of aromatic nitrogens is 1. The molecular weight excluding hydrogens is 320 g/mol. The summed E-state index contributed by atoms with van der Waals surface area (Å²) in [6, 6.07) is 3.07. The van der Waals surface area contributed by atoms with Crippen LogP contribution in [0.4, 0.5) is 0 Å². The van der Waals surface area contributed by atoms with Crippen LogP contribution in [0, 0.1) is 0 Å². The van der Waals surface area contributed by atoms with E-state index >= 15 is 0 Å². The van der Waals surface area contributed by atoms with Crippen molar-refractivity contribution in [3.63, 3.8) is 0 Å². The average molecular weight is 329 g/mol. The third kappa shape index (κ3) is 3.81. The van der Waals surface area contributed by atoms with Crippen molar-refractivity contribution in [3.8, 4) is 0 Å². The third-order valence-electron chi connectivity index (χ3n) is 1.66. The van der Waals surface area contributed by atoms with Gasteiger partial charge in [-0.15, -0.1) is 0 Å². The molecule has 0 radical (unpaired) electrons. The first-order valence-corrected chi connectivity index (χ1v) is 8.22. The predicted molar refractivity (Wildman–Crippen MR) is 62.0 cm³/mol. The molecule has 0 saturated carbocycles. The molecular formula is C7H9BrN2O4S2. The van der Waals surface area contributed by atoms with Crippen LogP contribution in [-0.4, -0.2) is 33.3 Å². The van der Waals surface area contributed by atoms with Crippen LogP contribution >= 0.6 is 15.9 Å². The number of sulfone groups is 1. The maximum absolute atomic E-state index is 11.7. The SMILES string of the molecule is NS(=O)(=O)CCS(=O)(=O)c1ncccc1Br. The Bertz CT molecular complexity index is 582. The molecule has 6 nitrogen and oxygen atoms in total. The molecule has 1 aromatic rings. The maximum atomic E-state index is 11.7. The molecule has 0 fully saturated rings. The van der Waals surface area contributed by atoms with Crippen molar-refractivity contribution in [1.82, 2.24) is 4.98 Å². The van der Waals surface area contributed by atoms with Crippen molar-refractivity contribution in [2.75, 3.05) is 11.5 Å². The zero-order valence-electron chi connectivity index (χ0n) is 8.00. The molecule has 2 N–H and O–H groups in total. The summed E-state index contributed by atoms with van der Waals surface area (Å²) in [6.07, 6.45) is 1.31. The lowest BCUT2D eigenvalue weighted by Gasteiger charge is -2.04. The molecule has 0 amide bonds. The largest absolute Gasteiger partial charge is 0.244 e. The van der Waals surface area contributed by atoms with Gasteiger partial charge in [0.25, 0.3) is 0 Å². The predicted octanol–water partition coefficient (Wildman–Crippen LogP) is -0.0937. The molecule has 0 spiro atoms. The van der Waals surface area contributed by atoms with Crippen molar-refractivity contribution in [1.29, 1.82) is 0 Å². The van der Waals surface area contributed by atoms with E-state index in [1.54, 1.807) is 6.07 Å². The van der Waals surface area contributed by atoms with Gasteiger partial charge < -0.3 is 0 Å². The molecule has 0 unspecified atom stereocenters. The topological polar surface area (TPSA) is 107 Å². The van der Waals surface area contributed by atoms with Gasteiger partial charge in [0.15, 0.2) is 14.9 Å². The Kier molecular flexibility index (Phi) is 4.05. The summed E-state index contributed by atoms with van der Waals surface area (Å²) in [6.45, 7) is 0. The molecule has 0 aromatic carbocycles. The summed E-state index contributed by atoms with van der Waals surface area (Å²) in [5.74, 6) is -1.21. The fourth-order valence-electron chi connectivity index (χ4n) is 0.923.